The number of hydrogen-bond donors (Lipinski definition) is 2. The van der Waals surface area contributed by atoms with Crippen LogP contribution in [0, 0.1) is 6.92 Å². The summed E-state index contributed by atoms with van der Waals surface area (Å²) in [4.78, 5) is 36.3. The van der Waals surface area contributed by atoms with Crippen LogP contribution in [0.25, 0.3) is 0 Å². The number of benzene rings is 1. The Hall–Kier alpha value is -3.31. The number of aryl methyl sites for hydroxylation is 1. The van der Waals surface area contributed by atoms with Crippen molar-refractivity contribution in [1.29, 1.82) is 0 Å². The summed E-state index contributed by atoms with van der Waals surface area (Å²) >= 11 is 1.55. The number of halogens is 3. The zero-order valence-corrected chi connectivity index (χ0v) is 21.2. The molecule has 0 radical (unpaired) electrons. The smallest absolute Gasteiger partial charge is 0.352 e. The quantitative estimate of drug-likeness (QED) is 0.389. The maximum Gasteiger partial charge on any atom is 0.416 e. The van der Waals surface area contributed by atoms with E-state index >= 15 is 0 Å². The molecule has 1 fully saturated rings. The van der Waals surface area contributed by atoms with Crippen LogP contribution in [-0.4, -0.2) is 46.3 Å². The van der Waals surface area contributed by atoms with Gasteiger partial charge in [-0.15, -0.1) is 11.3 Å². The van der Waals surface area contributed by atoms with Crippen molar-refractivity contribution in [3.63, 3.8) is 0 Å². The summed E-state index contributed by atoms with van der Waals surface area (Å²) < 4.78 is 38.5. The summed E-state index contributed by atoms with van der Waals surface area (Å²) in [5.74, 6) is -0.536. The van der Waals surface area contributed by atoms with Gasteiger partial charge < -0.3 is 15.5 Å². The Labute approximate surface area is 217 Å². The Morgan fingerprint density at radius 1 is 1.19 bits per heavy atom. The fourth-order valence-corrected chi connectivity index (χ4v) is 5.18. The minimum Gasteiger partial charge on any atom is -0.352 e. The normalized spacial score (nSPS) is 15.7. The monoisotopic (exact) mass is 531 g/mol. The van der Waals surface area contributed by atoms with E-state index in [0.29, 0.717) is 43.7 Å². The van der Waals surface area contributed by atoms with Crippen LogP contribution >= 0.6 is 11.3 Å². The van der Waals surface area contributed by atoms with Gasteiger partial charge in [-0.05, 0) is 56.5 Å². The summed E-state index contributed by atoms with van der Waals surface area (Å²) in [6, 6.07) is 8.18. The average Bonchev–Trinajstić information content (AvgIpc) is 3.54. The highest BCUT2D eigenvalue weighted by molar-refractivity contribution is 7.09. The number of nitrogens with one attached hydrogen (secondary N) is 2. The van der Waals surface area contributed by atoms with Crippen molar-refractivity contribution in [2.45, 2.75) is 44.9 Å². The lowest BCUT2D eigenvalue weighted by molar-refractivity contribution is -0.137. The molecule has 11 heteroatoms. The molecule has 4 rings (SSSR count). The van der Waals surface area contributed by atoms with Crippen LogP contribution in [0.4, 0.5) is 13.2 Å². The molecule has 0 spiro atoms. The topological polar surface area (TPSA) is 87.2 Å². The molecular weight excluding hydrogens is 503 g/mol. The SMILES string of the molecule is Cc1csc(C2CCCN2C(=O)c2cc(C(=O)NCCCNCc3cccc(C(F)(F)F)c3)ccn2)n1. The van der Waals surface area contributed by atoms with E-state index < -0.39 is 11.7 Å². The fraction of sp³-hybridized carbons (Fsp3) is 0.385. The van der Waals surface area contributed by atoms with Crippen LogP contribution in [0.15, 0.2) is 48.0 Å². The Balaban J connectivity index is 1.25. The average molecular weight is 532 g/mol. The highest BCUT2D eigenvalue weighted by Gasteiger charge is 2.33. The minimum atomic E-state index is -4.37. The van der Waals surface area contributed by atoms with Gasteiger partial charge in [0.05, 0.1) is 11.6 Å². The van der Waals surface area contributed by atoms with Crippen LogP contribution < -0.4 is 10.6 Å². The number of carbonyl (C=O) groups excluding carboxylic acids is 2. The number of amides is 2. The fourth-order valence-electron chi connectivity index (χ4n) is 4.24. The second kappa shape index (κ2) is 11.8. The Morgan fingerprint density at radius 2 is 2.03 bits per heavy atom. The first-order valence-corrected chi connectivity index (χ1v) is 12.9. The molecule has 3 heterocycles. The molecular formula is C26H28F3N5O2S. The second-order valence-electron chi connectivity index (χ2n) is 8.90. The molecule has 0 bridgehead atoms. The predicted molar refractivity (Wildman–Crippen MR) is 134 cm³/mol. The highest BCUT2D eigenvalue weighted by Crippen LogP contribution is 2.34. The summed E-state index contributed by atoms with van der Waals surface area (Å²) in [5.41, 5.74) is 1.36. The van der Waals surface area contributed by atoms with Crippen molar-refractivity contribution in [1.82, 2.24) is 25.5 Å². The number of carbonyl (C=O) groups is 2. The van der Waals surface area contributed by atoms with Crippen LogP contribution in [0.1, 0.15) is 68.0 Å². The summed E-state index contributed by atoms with van der Waals surface area (Å²) in [5, 5.41) is 8.78. The van der Waals surface area contributed by atoms with Crippen molar-refractivity contribution < 1.29 is 22.8 Å². The van der Waals surface area contributed by atoms with E-state index in [9.17, 15) is 22.8 Å². The predicted octanol–water partition coefficient (Wildman–Crippen LogP) is 4.75. The molecule has 1 atom stereocenters. The number of thiazole rings is 1. The molecule has 1 aromatic carbocycles. The number of hydrogen-bond acceptors (Lipinski definition) is 6. The Morgan fingerprint density at radius 3 is 2.78 bits per heavy atom. The molecule has 1 aliphatic rings. The van der Waals surface area contributed by atoms with Crippen molar-refractivity contribution in [2.24, 2.45) is 0 Å². The summed E-state index contributed by atoms with van der Waals surface area (Å²) in [7, 11) is 0. The molecule has 37 heavy (non-hydrogen) atoms. The number of rotatable bonds is 9. The van der Waals surface area contributed by atoms with Crippen molar-refractivity contribution in [3.05, 3.63) is 81.1 Å². The number of likely N-dealkylation sites (tertiary alicyclic amines) is 1. The molecule has 2 N–H and O–H groups in total. The molecule has 3 aromatic rings. The van der Waals surface area contributed by atoms with Gasteiger partial charge in [0.25, 0.3) is 11.8 Å². The molecule has 0 aliphatic carbocycles. The number of pyridine rings is 1. The van der Waals surface area contributed by atoms with Gasteiger partial charge in [-0.3, -0.25) is 14.6 Å². The van der Waals surface area contributed by atoms with Gasteiger partial charge >= 0.3 is 6.18 Å². The van der Waals surface area contributed by atoms with E-state index in [2.05, 4.69) is 20.6 Å². The van der Waals surface area contributed by atoms with Gasteiger partial charge in [0.2, 0.25) is 0 Å². The second-order valence-corrected chi connectivity index (χ2v) is 9.79. The molecule has 0 saturated carbocycles. The van der Waals surface area contributed by atoms with Crippen molar-refractivity contribution >= 4 is 23.2 Å². The zero-order chi connectivity index (χ0) is 26.4. The first-order chi connectivity index (χ1) is 17.7. The lowest BCUT2D eigenvalue weighted by Gasteiger charge is -2.22. The Bertz CT molecular complexity index is 1250. The van der Waals surface area contributed by atoms with Gasteiger partial charge in [0, 0.05) is 42.5 Å². The maximum absolute atomic E-state index is 13.2. The third kappa shape index (κ3) is 6.92. The standard InChI is InChI=1S/C26H28F3N5O2S/c1-17-16-37-24(33-17)22-7-3-12-34(22)25(36)21-14-19(8-11-31-21)23(35)32-10-4-9-30-15-18-5-2-6-20(13-18)26(27,28)29/h2,5-6,8,11,13-14,16,22,30H,3-4,7,9-10,12,15H2,1H3,(H,32,35). The van der Waals surface area contributed by atoms with E-state index in [1.54, 1.807) is 28.4 Å². The van der Waals surface area contributed by atoms with Gasteiger partial charge in [-0.1, -0.05) is 18.2 Å². The van der Waals surface area contributed by atoms with Gasteiger partial charge in [-0.2, -0.15) is 13.2 Å². The number of aromatic nitrogens is 2. The molecule has 2 aromatic heterocycles. The zero-order valence-electron chi connectivity index (χ0n) is 20.3. The maximum atomic E-state index is 13.2. The van der Waals surface area contributed by atoms with Gasteiger partial charge in [0.1, 0.15) is 10.7 Å². The largest absolute Gasteiger partial charge is 0.416 e. The van der Waals surface area contributed by atoms with Crippen LogP contribution in [0.2, 0.25) is 0 Å². The van der Waals surface area contributed by atoms with E-state index in [4.69, 9.17) is 0 Å². The number of alkyl halides is 3. The first kappa shape index (κ1) is 26.7. The van der Waals surface area contributed by atoms with E-state index in [1.165, 1.54) is 18.3 Å². The van der Waals surface area contributed by atoms with Gasteiger partial charge in [-0.25, -0.2) is 4.98 Å². The molecule has 1 unspecified atom stereocenters. The number of nitrogens with zero attached hydrogens (tertiary/aromatic N) is 3. The minimum absolute atomic E-state index is 0.0751. The molecule has 2 amide bonds. The third-order valence-electron chi connectivity index (χ3n) is 6.08. The van der Waals surface area contributed by atoms with Crippen LogP contribution in [-0.2, 0) is 12.7 Å². The van der Waals surface area contributed by atoms with E-state index in [0.717, 1.165) is 35.7 Å². The lowest BCUT2D eigenvalue weighted by Crippen LogP contribution is -2.32. The molecule has 196 valence electrons. The summed E-state index contributed by atoms with van der Waals surface area (Å²) in [6.07, 6.45) is -0.590. The highest BCUT2D eigenvalue weighted by atomic mass is 32.1. The Kier molecular flexibility index (Phi) is 8.55. The molecule has 1 saturated heterocycles. The molecule has 1 aliphatic heterocycles. The summed E-state index contributed by atoms with van der Waals surface area (Å²) in [6.45, 7) is 3.73. The van der Waals surface area contributed by atoms with Crippen LogP contribution in [0.5, 0.6) is 0 Å². The van der Waals surface area contributed by atoms with E-state index in [-0.39, 0.29) is 23.6 Å². The van der Waals surface area contributed by atoms with Crippen LogP contribution in [0.3, 0.4) is 0 Å². The molecule has 7 nitrogen and oxygen atoms in total. The van der Waals surface area contributed by atoms with E-state index in [1.807, 2.05) is 12.3 Å². The lowest BCUT2D eigenvalue weighted by atomic mass is 10.1. The van der Waals surface area contributed by atoms with Crippen molar-refractivity contribution in [3.8, 4) is 0 Å². The van der Waals surface area contributed by atoms with Gasteiger partial charge in [0.15, 0.2) is 0 Å². The van der Waals surface area contributed by atoms with Crippen molar-refractivity contribution in [2.75, 3.05) is 19.6 Å². The third-order valence-corrected chi connectivity index (χ3v) is 7.14. The first-order valence-electron chi connectivity index (χ1n) is 12.1.